The zero-order chi connectivity index (χ0) is 15.9. The SMILES string of the molecule is CC1(C)CCC(CN)(C(C)(O)c2cc(F)cc(F)c2)CC1. The van der Waals surface area contributed by atoms with Crippen LogP contribution in [0.5, 0.6) is 0 Å². The molecule has 4 heteroatoms. The summed E-state index contributed by atoms with van der Waals surface area (Å²) in [6.45, 7) is 6.33. The molecular formula is C17H25F2NO. The first kappa shape index (κ1) is 16.4. The predicted molar refractivity (Wildman–Crippen MR) is 79.7 cm³/mol. The highest BCUT2D eigenvalue weighted by Crippen LogP contribution is 2.53. The maximum absolute atomic E-state index is 13.5. The van der Waals surface area contributed by atoms with Crippen LogP contribution in [0.15, 0.2) is 18.2 Å². The van der Waals surface area contributed by atoms with Crippen molar-refractivity contribution < 1.29 is 13.9 Å². The van der Waals surface area contributed by atoms with Gasteiger partial charge < -0.3 is 10.8 Å². The molecule has 1 aliphatic carbocycles. The summed E-state index contributed by atoms with van der Waals surface area (Å²) in [5.74, 6) is -1.35. The number of hydrogen-bond acceptors (Lipinski definition) is 2. The van der Waals surface area contributed by atoms with E-state index in [-0.39, 0.29) is 11.0 Å². The van der Waals surface area contributed by atoms with Crippen LogP contribution in [0.25, 0.3) is 0 Å². The van der Waals surface area contributed by atoms with Gasteiger partial charge in [0.25, 0.3) is 0 Å². The number of hydrogen-bond donors (Lipinski definition) is 2. The van der Waals surface area contributed by atoms with Crippen LogP contribution in [-0.4, -0.2) is 11.7 Å². The van der Waals surface area contributed by atoms with Crippen molar-refractivity contribution in [3.05, 3.63) is 35.4 Å². The van der Waals surface area contributed by atoms with Gasteiger partial charge in [-0.1, -0.05) is 13.8 Å². The van der Waals surface area contributed by atoms with Crippen molar-refractivity contribution in [1.82, 2.24) is 0 Å². The number of aliphatic hydroxyl groups is 1. The quantitative estimate of drug-likeness (QED) is 0.893. The molecule has 1 fully saturated rings. The van der Waals surface area contributed by atoms with Gasteiger partial charge in [0.05, 0.1) is 5.60 Å². The minimum absolute atomic E-state index is 0.224. The first-order valence-electron chi connectivity index (χ1n) is 7.51. The lowest BCUT2D eigenvalue weighted by atomic mass is 9.57. The zero-order valence-electron chi connectivity index (χ0n) is 13.0. The highest BCUT2D eigenvalue weighted by molar-refractivity contribution is 5.27. The Labute approximate surface area is 125 Å². The van der Waals surface area contributed by atoms with E-state index in [1.54, 1.807) is 6.92 Å². The van der Waals surface area contributed by atoms with E-state index in [0.717, 1.165) is 31.7 Å². The van der Waals surface area contributed by atoms with Crippen molar-refractivity contribution in [1.29, 1.82) is 0 Å². The Balaban J connectivity index is 2.40. The summed E-state index contributed by atoms with van der Waals surface area (Å²) in [7, 11) is 0. The molecular weight excluding hydrogens is 272 g/mol. The third kappa shape index (κ3) is 2.97. The topological polar surface area (TPSA) is 46.2 Å². The molecule has 0 aromatic heterocycles. The summed E-state index contributed by atoms with van der Waals surface area (Å²) in [5.41, 5.74) is 4.59. The van der Waals surface area contributed by atoms with Gasteiger partial charge in [-0.15, -0.1) is 0 Å². The summed E-state index contributed by atoms with van der Waals surface area (Å²) in [5, 5.41) is 11.1. The molecule has 1 aromatic rings. The van der Waals surface area contributed by atoms with Gasteiger partial charge in [0.15, 0.2) is 0 Å². The van der Waals surface area contributed by atoms with Crippen molar-refractivity contribution in [2.45, 2.75) is 52.1 Å². The highest BCUT2D eigenvalue weighted by Gasteiger charge is 2.50. The minimum atomic E-state index is -1.35. The molecule has 2 nitrogen and oxygen atoms in total. The van der Waals surface area contributed by atoms with Gasteiger partial charge in [0.2, 0.25) is 0 Å². The minimum Gasteiger partial charge on any atom is -0.385 e. The average molecular weight is 297 g/mol. The second kappa shape index (κ2) is 5.33. The smallest absolute Gasteiger partial charge is 0.126 e. The van der Waals surface area contributed by atoms with Crippen LogP contribution in [0, 0.1) is 22.5 Å². The monoisotopic (exact) mass is 297 g/mol. The molecule has 118 valence electrons. The molecule has 0 radical (unpaired) electrons. The molecule has 0 heterocycles. The third-order valence-electron chi connectivity index (χ3n) is 5.41. The maximum Gasteiger partial charge on any atom is 0.126 e. The van der Waals surface area contributed by atoms with Crippen LogP contribution in [0.2, 0.25) is 0 Å². The molecule has 0 bridgehead atoms. The molecule has 21 heavy (non-hydrogen) atoms. The van der Waals surface area contributed by atoms with Gasteiger partial charge in [-0.05, 0) is 55.7 Å². The van der Waals surface area contributed by atoms with E-state index in [0.29, 0.717) is 6.54 Å². The maximum atomic E-state index is 13.5. The molecule has 0 aliphatic heterocycles. The Morgan fingerprint density at radius 3 is 2.00 bits per heavy atom. The number of nitrogens with two attached hydrogens (primary N) is 1. The highest BCUT2D eigenvalue weighted by atomic mass is 19.1. The van der Waals surface area contributed by atoms with Crippen LogP contribution < -0.4 is 5.73 Å². The fourth-order valence-corrected chi connectivity index (χ4v) is 3.44. The molecule has 2 rings (SSSR count). The van der Waals surface area contributed by atoms with Gasteiger partial charge in [-0.3, -0.25) is 0 Å². The summed E-state index contributed by atoms with van der Waals surface area (Å²) >= 11 is 0. The van der Waals surface area contributed by atoms with E-state index < -0.39 is 22.7 Å². The predicted octanol–water partition coefficient (Wildman–Crippen LogP) is 3.72. The Morgan fingerprint density at radius 2 is 1.57 bits per heavy atom. The zero-order valence-corrected chi connectivity index (χ0v) is 13.0. The van der Waals surface area contributed by atoms with Crippen LogP contribution >= 0.6 is 0 Å². The molecule has 1 saturated carbocycles. The second-order valence-electron chi connectivity index (χ2n) is 7.38. The first-order chi connectivity index (χ1) is 9.62. The van der Waals surface area contributed by atoms with Gasteiger partial charge in [0.1, 0.15) is 11.6 Å². The van der Waals surface area contributed by atoms with E-state index in [4.69, 9.17) is 5.73 Å². The Kier molecular flexibility index (Phi) is 4.15. The molecule has 3 N–H and O–H groups in total. The largest absolute Gasteiger partial charge is 0.385 e. The fraction of sp³-hybridized carbons (Fsp3) is 0.647. The summed E-state index contributed by atoms with van der Waals surface area (Å²) < 4.78 is 27.0. The van der Waals surface area contributed by atoms with E-state index in [1.165, 1.54) is 12.1 Å². The molecule has 0 amide bonds. The van der Waals surface area contributed by atoms with Gasteiger partial charge in [-0.2, -0.15) is 0 Å². The summed E-state index contributed by atoms with van der Waals surface area (Å²) in [4.78, 5) is 0. The van der Waals surface area contributed by atoms with Crippen molar-refractivity contribution in [3.63, 3.8) is 0 Å². The normalized spacial score (nSPS) is 23.6. The molecule has 1 aliphatic rings. The average Bonchev–Trinajstić information content (AvgIpc) is 2.38. The van der Waals surface area contributed by atoms with Crippen molar-refractivity contribution in [2.75, 3.05) is 6.54 Å². The van der Waals surface area contributed by atoms with Crippen molar-refractivity contribution >= 4 is 0 Å². The molecule has 1 atom stereocenters. The van der Waals surface area contributed by atoms with Gasteiger partial charge in [0, 0.05) is 18.0 Å². The van der Waals surface area contributed by atoms with Crippen LogP contribution in [0.3, 0.4) is 0 Å². The second-order valence-corrected chi connectivity index (χ2v) is 7.38. The summed E-state index contributed by atoms with van der Waals surface area (Å²) in [6, 6.07) is 3.24. The fourth-order valence-electron chi connectivity index (χ4n) is 3.44. The molecule has 1 aromatic carbocycles. The molecule has 0 saturated heterocycles. The lowest BCUT2D eigenvalue weighted by Gasteiger charge is -2.51. The van der Waals surface area contributed by atoms with Crippen LogP contribution in [-0.2, 0) is 5.60 Å². The van der Waals surface area contributed by atoms with Crippen molar-refractivity contribution in [3.8, 4) is 0 Å². The number of halogens is 2. The summed E-state index contributed by atoms with van der Waals surface area (Å²) in [6.07, 6.45) is 3.39. The van der Waals surface area contributed by atoms with E-state index in [1.807, 2.05) is 0 Å². The standard InChI is InChI=1S/C17H25F2NO/c1-15(2)4-6-17(11-20,7-5-15)16(3,21)12-8-13(18)10-14(19)9-12/h8-10,21H,4-7,11,20H2,1-3H3. The Morgan fingerprint density at radius 1 is 1.10 bits per heavy atom. The van der Waals surface area contributed by atoms with Crippen molar-refractivity contribution in [2.24, 2.45) is 16.6 Å². The van der Waals surface area contributed by atoms with Gasteiger partial charge >= 0.3 is 0 Å². The number of benzene rings is 1. The Hall–Kier alpha value is -1.00. The first-order valence-corrected chi connectivity index (χ1v) is 7.51. The van der Waals surface area contributed by atoms with Crippen LogP contribution in [0.1, 0.15) is 52.0 Å². The lowest BCUT2D eigenvalue weighted by molar-refractivity contribution is -0.106. The molecule has 1 unspecified atom stereocenters. The van der Waals surface area contributed by atoms with E-state index in [9.17, 15) is 13.9 Å². The third-order valence-corrected chi connectivity index (χ3v) is 5.41. The Bertz CT molecular complexity index is 495. The molecule has 0 spiro atoms. The number of rotatable bonds is 3. The van der Waals surface area contributed by atoms with E-state index >= 15 is 0 Å². The van der Waals surface area contributed by atoms with E-state index in [2.05, 4.69) is 13.8 Å². The lowest BCUT2D eigenvalue weighted by Crippen LogP contribution is -2.51. The van der Waals surface area contributed by atoms with Crippen LogP contribution in [0.4, 0.5) is 8.78 Å². The van der Waals surface area contributed by atoms with Gasteiger partial charge in [-0.25, -0.2) is 8.78 Å².